The van der Waals surface area contributed by atoms with E-state index in [-0.39, 0.29) is 11.6 Å². The quantitative estimate of drug-likeness (QED) is 0.717. The summed E-state index contributed by atoms with van der Waals surface area (Å²) in [7, 11) is 0. The van der Waals surface area contributed by atoms with Gasteiger partial charge in [0.05, 0.1) is 0 Å². The van der Waals surface area contributed by atoms with Crippen molar-refractivity contribution in [1.29, 1.82) is 0 Å². The predicted octanol–water partition coefficient (Wildman–Crippen LogP) is 2.03. The highest BCUT2D eigenvalue weighted by molar-refractivity contribution is 5.96. The van der Waals surface area contributed by atoms with Gasteiger partial charge >= 0.3 is 0 Å². The maximum Gasteiger partial charge on any atom is 0.178 e. The molecule has 0 radical (unpaired) electrons. The normalized spacial score (nSPS) is 10.4. The van der Waals surface area contributed by atoms with E-state index in [4.69, 9.17) is 0 Å². The van der Waals surface area contributed by atoms with Crippen LogP contribution in [0.1, 0.15) is 34.8 Å². The van der Waals surface area contributed by atoms with E-state index in [0.29, 0.717) is 17.0 Å². The number of hydrogen-bond donors (Lipinski definition) is 0. The first-order chi connectivity index (χ1) is 7.58. The van der Waals surface area contributed by atoms with E-state index in [0.717, 1.165) is 5.39 Å². The van der Waals surface area contributed by atoms with E-state index in [1.807, 2.05) is 0 Å². The summed E-state index contributed by atoms with van der Waals surface area (Å²) in [6.07, 6.45) is 0. The molecule has 0 aliphatic carbocycles. The van der Waals surface area contributed by atoms with Gasteiger partial charge in [0.1, 0.15) is 11.4 Å². The van der Waals surface area contributed by atoms with Gasteiger partial charge in [0.15, 0.2) is 17.2 Å². The molecule has 0 aromatic carbocycles. The van der Waals surface area contributed by atoms with Gasteiger partial charge in [-0.05, 0) is 24.3 Å². The van der Waals surface area contributed by atoms with Crippen molar-refractivity contribution in [1.82, 2.24) is 9.97 Å². The monoisotopic (exact) mass is 214 g/mol. The van der Waals surface area contributed by atoms with Crippen molar-refractivity contribution in [2.45, 2.75) is 13.8 Å². The van der Waals surface area contributed by atoms with Crippen molar-refractivity contribution >= 4 is 22.6 Å². The molecule has 2 aromatic heterocycles. The smallest absolute Gasteiger partial charge is 0.178 e. The van der Waals surface area contributed by atoms with Crippen LogP contribution in [-0.4, -0.2) is 21.5 Å². The molecule has 0 saturated carbocycles. The SMILES string of the molecule is CC(=O)c1ccc2ccc(C(C)=O)nc2n1. The van der Waals surface area contributed by atoms with Gasteiger partial charge in [-0.3, -0.25) is 9.59 Å². The third-order valence-corrected chi connectivity index (χ3v) is 2.27. The molecule has 0 unspecified atom stereocenters. The molecule has 0 atom stereocenters. The molecular formula is C12H10N2O2. The molecule has 0 bridgehead atoms. The fourth-order valence-corrected chi connectivity index (χ4v) is 1.39. The van der Waals surface area contributed by atoms with Crippen LogP contribution in [0.25, 0.3) is 11.0 Å². The van der Waals surface area contributed by atoms with E-state index in [1.165, 1.54) is 13.8 Å². The minimum absolute atomic E-state index is 0.114. The number of ketones is 2. The molecule has 0 amide bonds. The van der Waals surface area contributed by atoms with E-state index in [2.05, 4.69) is 9.97 Å². The minimum Gasteiger partial charge on any atom is -0.293 e. The molecule has 0 spiro atoms. The summed E-state index contributed by atoms with van der Waals surface area (Å²) < 4.78 is 0. The Morgan fingerprint density at radius 3 is 1.69 bits per heavy atom. The number of Topliss-reactive ketones (excluding diaryl/α,β-unsaturated/α-hetero) is 2. The van der Waals surface area contributed by atoms with Crippen molar-refractivity contribution < 1.29 is 9.59 Å². The second kappa shape index (κ2) is 3.81. The summed E-state index contributed by atoms with van der Waals surface area (Å²) >= 11 is 0. The van der Waals surface area contributed by atoms with Crippen LogP contribution in [-0.2, 0) is 0 Å². The van der Waals surface area contributed by atoms with Crippen molar-refractivity contribution in [2.24, 2.45) is 0 Å². The second-order valence-electron chi connectivity index (χ2n) is 3.55. The molecule has 0 N–H and O–H groups in total. The Morgan fingerprint density at radius 2 is 1.31 bits per heavy atom. The Balaban J connectivity index is 2.65. The number of fused-ring (bicyclic) bond motifs is 1. The van der Waals surface area contributed by atoms with Crippen molar-refractivity contribution in [2.75, 3.05) is 0 Å². The molecule has 16 heavy (non-hydrogen) atoms. The van der Waals surface area contributed by atoms with E-state index in [1.54, 1.807) is 24.3 Å². The molecule has 80 valence electrons. The highest BCUT2D eigenvalue weighted by Gasteiger charge is 2.06. The first-order valence-corrected chi connectivity index (χ1v) is 4.87. The molecule has 2 rings (SSSR count). The zero-order valence-corrected chi connectivity index (χ0v) is 9.02. The lowest BCUT2D eigenvalue weighted by Crippen LogP contribution is -2.01. The molecular weight excluding hydrogens is 204 g/mol. The van der Waals surface area contributed by atoms with Gasteiger partial charge < -0.3 is 0 Å². The largest absolute Gasteiger partial charge is 0.293 e. The first-order valence-electron chi connectivity index (χ1n) is 4.87. The predicted molar refractivity (Wildman–Crippen MR) is 59.5 cm³/mol. The van der Waals surface area contributed by atoms with Gasteiger partial charge in [-0.1, -0.05) is 0 Å². The van der Waals surface area contributed by atoms with E-state index < -0.39 is 0 Å². The molecule has 0 aliphatic rings. The minimum atomic E-state index is -0.114. The lowest BCUT2D eigenvalue weighted by atomic mass is 10.2. The zero-order valence-electron chi connectivity index (χ0n) is 9.02. The highest BCUT2D eigenvalue weighted by atomic mass is 16.1. The third kappa shape index (κ3) is 1.82. The summed E-state index contributed by atoms with van der Waals surface area (Å²) in [5.41, 5.74) is 1.15. The number of nitrogens with zero attached hydrogens (tertiary/aromatic N) is 2. The average Bonchev–Trinajstić information content (AvgIpc) is 2.27. The van der Waals surface area contributed by atoms with Crippen LogP contribution in [0.3, 0.4) is 0 Å². The fraction of sp³-hybridized carbons (Fsp3) is 0.167. The van der Waals surface area contributed by atoms with E-state index in [9.17, 15) is 9.59 Å². The Kier molecular flexibility index (Phi) is 2.48. The van der Waals surface area contributed by atoms with Gasteiger partial charge in [0.2, 0.25) is 0 Å². The van der Waals surface area contributed by atoms with Crippen LogP contribution in [0, 0.1) is 0 Å². The second-order valence-corrected chi connectivity index (χ2v) is 3.55. The highest BCUT2D eigenvalue weighted by Crippen LogP contribution is 2.12. The van der Waals surface area contributed by atoms with Crippen molar-refractivity contribution in [3.05, 3.63) is 35.7 Å². The number of rotatable bonds is 2. The molecule has 4 heteroatoms. The number of carbonyl (C=O) groups excluding carboxylic acids is 2. The van der Waals surface area contributed by atoms with Crippen molar-refractivity contribution in [3.63, 3.8) is 0 Å². The number of carbonyl (C=O) groups is 2. The standard InChI is InChI=1S/C12H10N2O2/c1-7(15)10-5-3-9-4-6-11(8(2)16)14-12(9)13-10/h3-6H,1-2H3. The molecule has 0 aliphatic heterocycles. The summed E-state index contributed by atoms with van der Waals surface area (Å²) in [5.74, 6) is -0.228. The zero-order chi connectivity index (χ0) is 11.7. The van der Waals surface area contributed by atoms with Gasteiger partial charge in [0, 0.05) is 19.2 Å². The van der Waals surface area contributed by atoms with Crippen LogP contribution in [0.4, 0.5) is 0 Å². The van der Waals surface area contributed by atoms with Crippen molar-refractivity contribution in [3.8, 4) is 0 Å². The van der Waals surface area contributed by atoms with Crippen LogP contribution in [0.2, 0.25) is 0 Å². The van der Waals surface area contributed by atoms with Crippen LogP contribution >= 0.6 is 0 Å². The molecule has 2 heterocycles. The van der Waals surface area contributed by atoms with Gasteiger partial charge in [-0.2, -0.15) is 0 Å². The number of pyridine rings is 2. The Morgan fingerprint density at radius 1 is 0.875 bits per heavy atom. The maximum absolute atomic E-state index is 11.2. The first kappa shape index (κ1) is 10.4. The van der Waals surface area contributed by atoms with Gasteiger partial charge in [-0.15, -0.1) is 0 Å². The summed E-state index contributed by atoms with van der Waals surface area (Å²) in [6.45, 7) is 2.89. The summed E-state index contributed by atoms with van der Waals surface area (Å²) in [5, 5.41) is 0.815. The van der Waals surface area contributed by atoms with Crippen LogP contribution in [0.15, 0.2) is 24.3 Å². The summed E-state index contributed by atoms with van der Waals surface area (Å²) in [6, 6.07) is 6.85. The number of aromatic nitrogens is 2. The molecule has 0 fully saturated rings. The molecule has 4 nitrogen and oxygen atoms in total. The molecule has 2 aromatic rings. The topological polar surface area (TPSA) is 59.9 Å². The lowest BCUT2D eigenvalue weighted by molar-refractivity contribution is 0.100. The molecule has 0 saturated heterocycles. The number of hydrogen-bond acceptors (Lipinski definition) is 4. The third-order valence-electron chi connectivity index (χ3n) is 2.27. The van der Waals surface area contributed by atoms with Crippen LogP contribution in [0.5, 0.6) is 0 Å². The van der Waals surface area contributed by atoms with Gasteiger partial charge in [-0.25, -0.2) is 9.97 Å². The average molecular weight is 214 g/mol. The lowest BCUT2D eigenvalue weighted by Gasteiger charge is -2.00. The Labute approximate surface area is 92.3 Å². The Bertz CT molecular complexity index is 542. The Hall–Kier alpha value is -2.10. The maximum atomic E-state index is 11.2. The van der Waals surface area contributed by atoms with E-state index >= 15 is 0 Å². The van der Waals surface area contributed by atoms with Gasteiger partial charge in [0.25, 0.3) is 0 Å². The summed E-state index contributed by atoms with van der Waals surface area (Å²) in [4.78, 5) is 30.5. The fourth-order valence-electron chi connectivity index (χ4n) is 1.39. The van der Waals surface area contributed by atoms with Crippen LogP contribution < -0.4 is 0 Å².